The lowest BCUT2D eigenvalue weighted by molar-refractivity contribution is 0.926. The molecular formula is C8H6BrN3. The maximum Gasteiger partial charge on any atom is 0.234 e. The highest BCUT2D eigenvalue weighted by Crippen LogP contribution is 2.06. The quantitative estimate of drug-likeness (QED) is 0.694. The smallest absolute Gasteiger partial charge is 0.234 e. The third-order valence-corrected chi connectivity index (χ3v) is 1.89. The van der Waals surface area contributed by atoms with Crippen LogP contribution < -0.4 is 0 Å². The van der Waals surface area contributed by atoms with Crippen molar-refractivity contribution in [3.8, 4) is 5.95 Å². The van der Waals surface area contributed by atoms with Crippen molar-refractivity contribution in [3.05, 3.63) is 41.4 Å². The standard InChI is InChI=1S/C8H6BrN3/c9-7-3-4-10-8(11-7)12-5-1-2-6-12/h1-6H. The van der Waals surface area contributed by atoms with Crippen LogP contribution in [0.5, 0.6) is 0 Å². The summed E-state index contributed by atoms with van der Waals surface area (Å²) in [6, 6.07) is 5.67. The molecule has 0 saturated heterocycles. The fourth-order valence-corrected chi connectivity index (χ4v) is 1.20. The van der Waals surface area contributed by atoms with E-state index in [4.69, 9.17) is 0 Å². The molecule has 0 aliphatic carbocycles. The van der Waals surface area contributed by atoms with Crippen LogP contribution in [0.2, 0.25) is 0 Å². The highest BCUT2D eigenvalue weighted by Gasteiger charge is 1.96. The zero-order valence-electron chi connectivity index (χ0n) is 6.18. The number of hydrogen-bond donors (Lipinski definition) is 0. The van der Waals surface area contributed by atoms with Crippen LogP contribution in [0.4, 0.5) is 0 Å². The van der Waals surface area contributed by atoms with Gasteiger partial charge in [0.1, 0.15) is 4.60 Å². The van der Waals surface area contributed by atoms with Crippen molar-refractivity contribution in [3.63, 3.8) is 0 Å². The van der Waals surface area contributed by atoms with Crippen molar-refractivity contribution >= 4 is 15.9 Å². The predicted octanol–water partition coefficient (Wildman–Crippen LogP) is 2.03. The monoisotopic (exact) mass is 223 g/mol. The van der Waals surface area contributed by atoms with E-state index in [-0.39, 0.29) is 0 Å². The first-order valence-electron chi connectivity index (χ1n) is 3.48. The molecule has 0 saturated carbocycles. The van der Waals surface area contributed by atoms with Crippen LogP contribution in [0.15, 0.2) is 41.4 Å². The van der Waals surface area contributed by atoms with Crippen molar-refractivity contribution in [1.29, 1.82) is 0 Å². The highest BCUT2D eigenvalue weighted by molar-refractivity contribution is 9.10. The van der Waals surface area contributed by atoms with E-state index in [1.54, 1.807) is 12.3 Å². The number of nitrogens with zero attached hydrogens (tertiary/aromatic N) is 3. The molecule has 60 valence electrons. The molecule has 0 aliphatic heterocycles. The third kappa shape index (κ3) is 1.38. The van der Waals surface area contributed by atoms with E-state index in [1.165, 1.54) is 0 Å². The van der Waals surface area contributed by atoms with Gasteiger partial charge < -0.3 is 0 Å². The van der Waals surface area contributed by atoms with Gasteiger partial charge >= 0.3 is 0 Å². The van der Waals surface area contributed by atoms with E-state index >= 15 is 0 Å². The van der Waals surface area contributed by atoms with E-state index in [9.17, 15) is 0 Å². The minimum atomic E-state index is 0.675. The van der Waals surface area contributed by atoms with Crippen LogP contribution in [0.25, 0.3) is 5.95 Å². The normalized spacial score (nSPS) is 10.1. The maximum atomic E-state index is 4.18. The van der Waals surface area contributed by atoms with Crippen LogP contribution in [-0.2, 0) is 0 Å². The van der Waals surface area contributed by atoms with E-state index in [1.807, 2.05) is 29.1 Å². The van der Waals surface area contributed by atoms with Gasteiger partial charge in [0.05, 0.1) is 0 Å². The largest absolute Gasteiger partial charge is 0.293 e. The SMILES string of the molecule is Brc1ccnc(-n2cccc2)n1. The second kappa shape index (κ2) is 3.06. The van der Waals surface area contributed by atoms with Gasteiger partial charge in [-0.2, -0.15) is 0 Å². The number of aromatic nitrogens is 3. The van der Waals surface area contributed by atoms with Gasteiger partial charge in [-0.3, -0.25) is 4.57 Å². The Balaban J connectivity index is 2.48. The Hall–Kier alpha value is -1.16. The molecule has 0 atom stereocenters. The van der Waals surface area contributed by atoms with E-state index in [0.29, 0.717) is 5.95 Å². The Kier molecular flexibility index (Phi) is 1.91. The lowest BCUT2D eigenvalue weighted by Crippen LogP contribution is -1.96. The van der Waals surface area contributed by atoms with Crippen LogP contribution in [0, 0.1) is 0 Å². The minimum absolute atomic E-state index is 0.675. The molecule has 0 radical (unpaired) electrons. The highest BCUT2D eigenvalue weighted by atomic mass is 79.9. The Morgan fingerprint density at radius 3 is 2.67 bits per heavy atom. The van der Waals surface area contributed by atoms with Gasteiger partial charge in [-0.25, -0.2) is 9.97 Å². The molecule has 0 fully saturated rings. The molecular weight excluding hydrogens is 218 g/mol. The van der Waals surface area contributed by atoms with Crippen molar-refractivity contribution in [2.45, 2.75) is 0 Å². The Labute approximate surface area is 78.2 Å². The maximum absolute atomic E-state index is 4.18. The van der Waals surface area contributed by atoms with Crippen LogP contribution >= 0.6 is 15.9 Å². The average molecular weight is 224 g/mol. The first-order chi connectivity index (χ1) is 5.86. The molecule has 0 aromatic carbocycles. The summed E-state index contributed by atoms with van der Waals surface area (Å²) < 4.78 is 2.64. The molecule has 0 unspecified atom stereocenters. The Morgan fingerprint density at radius 1 is 1.25 bits per heavy atom. The molecule has 2 heterocycles. The average Bonchev–Trinajstić information content (AvgIpc) is 2.56. The second-order valence-corrected chi connectivity index (χ2v) is 3.08. The number of rotatable bonds is 1. The molecule has 4 heteroatoms. The van der Waals surface area contributed by atoms with Gasteiger partial charge in [0.15, 0.2) is 0 Å². The third-order valence-electron chi connectivity index (χ3n) is 1.44. The lowest BCUT2D eigenvalue weighted by Gasteiger charge is -1.98. The molecule has 0 spiro atoms. The van der Waals surface area contributed by atoms with Crippen LogP contribution in [0.3, 0.4) is 0 Å². The van der Waals surface area contributed by atoms with Crippen molar-refractivity contribution < 1.29 is 0 Å². The van der Waals surface area contributed by atoms with Gasteiger partial charge in [0.25, 0.3) is 0 Å². The number of hydrogen-bond acceptors (Lipinski definition) is 2. The van der Waals surface area contributed by atoms with Gasteiger partial charge in [-0.1, -0.05) is 0 Å². The summed E-state index contributed by atoms with van der Waals surface area (Å²) in [4.78, 5) is 8.29. The summed E-state index contributed by atoms with van der Waals surface area (Å²) in [7, 11) is 0. The zero-order valence-corrected chi connectivity index (χ0v) is 7.77. The molecule has 0 N–H and O–H groups in total. The first kappa shape index (κ1) is 7.49. The fraction of sp³-hybridized carbons (Fsp3) is 0. The van der Waals surface area contributed by atoms with E-state index < -0.39 is 0 Å². The summed E-state index contributed by atoms with van der Waals surface area (Å²) in [5, 5.41) is 0. The lowest BCUT2D eigenvalue weighted by atomic mass is 10.7. The van der Waals surface area contributed by atoms with Crippen molar-refractivity contribution in [2.75, 3.05) is 0 Å². The first-order valence-corrected chi connectivity index (χ1v) is 4.27. The van der Waals surface area contributed by atoms with E-state index in [0.717, 1.165) is 4.60 Å². The topological polar surface area (TPSA) is 30.7 Å². The molecule has 0 aliphatic rings. The summed E-state index contributed by atoms with van der Waals surface area (Å²) in [5.41, 5.74) is 0. The van der Waals surface area contributed by atoms with Crippen molar-refractivity contribution in [1.82, 2.24) is 14.5 Å². The Bertz CT molecular complexity index is 370. The molecule has 2 aromatic heterocycles. The van der Waals surface area contributed by atoms with Crippen molar-refractivity contribution in [2.24, 2.45) is 0 Å². The molecule has 3 nitrogen and oxygen atoms in total. The van der Waals surface area contributed by atoms with Gasteiger partial charge in [0, 0.05) is 18.6 Å². The van der Waals surface area contributed by atoms with Crippen LogP contribution in [-0.4, -0.2) is 14.5 Å². The van der Waals surface area contributed by atoms with Gasteiger partial charge in [0.2, 0.25) is 5.95 Å². The second-order valence-electron chi connectivity index (χ2n) is 2.27. The summed E-state index contributed by atoms with van der Waals surface area (Å²) in [5.74, 6) is 0.675. The van der Waals surface area contributed by atoms with Gasteiger partial charge in [-0.15, -0.1) is 0 Å². The van der Waals surface area contributed by atoms with Gasteiger partial charge in [-0.05, 0) is 34.1 Å². The minimum Gasteiger partial charge on any atom is -0.293 e. The zero-order chi connectivity index (χ0) is 8.39. The van der Waals surface area contributed by atoms with Crippen LogP contribution in [0.1, 0.15) is 0 Å². The molecule has 2 rings (SSSR count). The summed E-state index contributed by atoms with van der Waals surface area (Å²) in [6.07, 6.45) is 5.52. The molecule has 0 amide bonds. The Morgan fingerprint density at radius 2 is 2.00 bits per heavy atom. The molecule has 2 aromatic rings. The number of halogens is 1. The summed E-state index contributed by atoms with van der Waals surface area (Å²) >= 11 is 3.28. The van der Waals surface area contributed by atoms with E-state index in [2.05, 4.69) is 25.9 Å². The predicted molar refractivity (Wildman–Crippen MR) is 49.1 cm³/mol. The molecule has 12 heavy (non-hydrogen) atoms. The summed E-state index contributed by atoms with van der Waals surface area (Å²) in [6.45, 7) is 0. The molecule has 0 bridgehead atoms. The fourth-order valence-electron chi connectivity index (χ4n) is 0.919.